The lowest BCUT2D eigenvalue weighted by molar-refractivity contribution is 0.578. The SMILES string of the molecule is CS(=O)(=O)c1cc(CC2CCNC2)ccc1N. The van der Waals surface area contributed by atoms with Crippen LogP contribution in [0.4, 0.5) is 5.69 Å². The second-order valence-corrected chi connectivity index (χ2v) is 6.69. The van der Waals surface area contributed by atoms with E-state index in [1.54, 1.807) is 12.1 Å². The van der Waals surface area contributed by atoms with E-state index in [9.17, 15) is 8.42 Å². The smallest absolute Gasteiger partial charge is 0.177 e. The summed E-state index contributed by atoms with van der Waals surface area (Å²) in [6, 6.07) is 5.32. The molecule has 0 spiro atoms. The molecule has 0 aromatic heterocycles. The molecule has 94 valence electrons. The van der Waals surface area contributed by atoms with Crippen LogP contribution in [-0.2, 0) is 16.3 Å². The molecule has 1 aliphatic rings. The second kappa shape index (κ2) is 4.66. The number of nitrogens with two attached hydrogens (primary N) is 1. The van der Waals surface area contributed by atoms with Crippen molar-refractivity contribution < 1.29 is 8.42 Å². The number of rotatable bonds is 3. The Kier molecular flexibility index (Phi) is 3.40. The lowest BCUT2D eigenvalue weighted by Crippen LogP contribution is -2.11. The molecule has 17 heavy (non-hydrogen) atoms. The first-order valence-corrected chi connectivity index (χ1v) is 7.65. The summed E-state index contributed by atoms with van der Waals surface area (Å²) in [5, 5.41) is 3.31. The van der Waals surface area contributed by atoms with Crippen LogP contribution in [0.25, 0.3) is 0 Å². The van der Waals surface area contributed by atoms with Gasteiger partial charge in [0.2, 0.25) is 0 Å². The first-order valence-electron chi connectivity index (χ1n) is 5.76. The van der Waals surface area contributed by atoms with Gasteiger partial charge in [0.15, 0.2) is 9.84 Å². The minimum absolute atomic E-state index is 0.251. The Morgan fingerprint density at radius 1 is 1.47 bits per heavy atom. The van der Waals surface area contributed by atoms with Crippen molar-refractivity contribution in [1.82, 2.24) is 5.32 Å². The molecule has 0 radical (unpaired) electrons. The van der Waals surface area contributed by atoms with E-state index in [4.69, 9.17) is 5.73 Å². The number of sulfone groups is 1. The molecule has 1 unspecified atom stereocenters. The summed E-state index contributed by atoms with van der Waals surface area (Å²) in [5.41, 5.74) is 7.08. The summed E-state index contributed by atoms with van der Waals surface area (Å²) in [5.74, 6) is 0.603. The number of nitrogens with one attached hydrogen (secondary N) is 1. The van der Waals surface area contributed by atoms with Gasteiger partial charge in [-0.1, -0.05) is 6.07 Å². The van der Waals surface area contributed by atoms with Crippen LogP contribution in [-0.4, -0.2) is 27.8 Å². The van der Waals surface area contributed by atoms with E-state index in [2.05, 4.69) is 5.32 Å². The monoisotopic (exact) mass is 254 g/mol. The van der Waals surface area contributed by atoms with Crippen LogP contribution < -0.4 is 11.1 Å². The van der Waals surface area contributed by atoms with Crippen molar-refractivity contribution in [3.8, 4) is 0 Å². The molecule has 0 saturated carbocycles. The van der Waals surface area contributed by atoms with Crippen LogP contribution >= 0.6 is 0 Å². The van der Waals surface area contributed by atoms with Gasteiger partial charge in [0, 0.05) is 6.26 Å². The molecular formula is C12H18N2O2S. The molecule has 4 nitrogen and oxygen atoms in total. The summed E-state index contributed by atoms with van der Waals surface area (Å²) in [6.07, 6.45) is 3.26. The number of anilines is 1. The lowest BCUT2D eigenvalue weighted by atomic mass is 9.98. The summed E-state index contributed by atoms with van der Waals surface area (Å²) >= 11 is 0. The highest BCUT2D eigenvalue weighted by Crippen LogP contribution is 2.22. The molecule has 2 rings (SSSR count). The standard InChI is InChI=1S/C12H18N2O2S/c1-17(15,16)12-7-9(2-3-11(12)13)6-10-4-5-14-8-10/h2-3,7,10,14H,4-6,8,13H2,1H3. The molecule has 1 aliphatic heterocycles. The predicted octanol–water partition coefficient (Wildman–Crippen LogP) is 0.824. The van der Waals surface area contributed by atoms with Crippen LogP contribution in [0, 0.1) is 5.92 Å². The molecule has 1 aromatic rings. The maximum Gasteiger partial charge on any atom is 0.177 e. The normalized spacial score (nSPS) is 20.6. The molecule has 3 N–H and O–H groups in total. The molecule has 0 amide bonds. The maximum absolute atomic E-state index is 11.6. The van der Waals surface area contributed by atoms with E-state index in [1.165, 1.54) is 6.26 Å². The van der Waals surface area contributed by atoms with Gasteiger partial charge in [-0.15, -0.1) is 0 Å². The van der Waals surface area contributed by atoms with Gasteiger partial charge in [0.1, 0.15) is 0 Å². The van der Waals surface area contributed by atoms with Crippen molar-refractivity contribution in [1.29, 1.82) is 0 Å². The molecule has 0 aliphatic carbocycles. The maximum atomic E-state index is 11.6. The van der Waals surface area contributed by atoms with Crippen molar-refractivity contribution in [2.75, 3.05) is 25.1 Å². The van der Waals surface area contributed by atoms with Crippen LogP contribution in [0.2, 0.25) is 0 Å². The highest BCUT2D eigenvalue weighted by atomic mass is 32.2. The minimum Gasteiger partial charge on any atom is -0.398 e. The summed E-state index contributed by atoms with van der Waals surface area (Å²) < 4.78 is 23.1. The molecule has 1 saturated heterocycles. The topological polar surface area (TPSA) is 72.2 Å². The lowest BCUT2D eigenvalue weighted by Gasteiger charge is -2.10. The second-order valence-electron chi connectivity index (χ2n) is 4.71. The third-order valence-electron chi connectivity index (χ3n) is 3.16. The summed E-state index contributed by atoms with van der Waals surface area (Å²) in [6.45, 7) is 2.07. The van der Waals surface area contributed by atoms with Crippen molar-refractivity contribution >= 4 is 15.5 Å². The van der Waals surface area contributed by atoms with E-state index in [1.807, 2.05) is 6.07 Å². The molecule has 1 aromatic carbocycles. The number of nitrogen functional groups attached to an aromatic ring is 1. The van der Waals surface area contributed by atoms with E-state index in [0.29, 0.717) is 11.6 Å². The van der Waals surface area contributed by atoms with Gasteiger partial charge in [-0.3, -0.25) is 0 Å². The van der Waals surface area contributed by atoms with Crippen LogP contribution in [0.15, 0.2) is 23.1 Å². The quantitative estimate of drug-likeness (QED) is 0.784. The predicted molar refractivity (Wildman–Crippen MR) is 68.6 cm³/mol. The Morgan fingerprint density at radius 2 is 2.24 bits per heavy atom. The van der Waals surface area contributed by atoms with Crippen LogP contribution in [0.5, 0.6) is 0 Å². The van der Waals surface area contributed by atoms with Crippen molar-refractivity contribution in [3.63, 3.8) is 0 Å². The fourth-order valence-electron chi connectivity index (χ4n) is 2.25. The van der Waals surface area contributed by atoms with Crippen molar-refractivity contribution in [3.05, 3.63) is 23.8 Å². The van der Waals surface area contributed by atoms with E-state index >= 15 is 0 Å². The molecule has 0 bridgehead atoms. The van der Waals surface area contributed by atoms with Gasteiger partial charge >= 0.3 is 0 Å². The average Bonchev–Trinajstić information content (AvgIpc) is 2.72. The molecular weight excluding hydrogens is 236 g/mol. The number of hydrogen-bond donors (Lipinski definition) is 2. The molecule has 1 heterocycles. The van der Waals surface area contributed by atoms with Gasteiger partial charge in [-0.25, -0.2) is 8.42 Å². The Morgan fingerprint density at radius 3 is 2.82 bits per heavy atom. The third kappa shape index (κ3) is 2.98. The first kappa shape index (κ1) is 12.4. The number of benzene rings is 1. The Labute approximate surface area is 102 Å². The Balaban J connectivity index is 2.24. The zero-order chi connectivity index (χ0) is 12.5. The molecule has 1 atom stereocenters. The van der Waals surface area contributed by atoms with Crippen molar-refractivity contribution in [2.45, 2.75) is 17.7 Å². The van der Waals surface area contributed by atoms with Gasteiger partial charge in [-0.2, -0.15) is 0 Å². The Bertz CT molecular complexity index is 505. The van der Waals surface area contributed by atoms with E-state index in [-0.39, 0.29) is 4.90 Å². The average molecular weight is 254 g/mol. The zero-order valence-corrected chi connectivity index (χ0v) is 10.8. The summed E-state index contributed by atoms with van der Waals surface area (Å²) in [7, 11) is -3.23. The highest BCUT2D eigenvalue weighted by Gasteiger charge is 2.17. The fraction of sp³-hybridized carbons (Fsp3) is 0.500. The highest BCUT2D eigenvalue weighted by molar-refractivity contribution is 7.90. The first-order chi connectivity index (χ1) is 7.97. The molecule has 5 heteroatoms. The van der Waals surface area contributed by atoms with E-state index < -0.39 is 9.84 Å². The third-order valence-corrected chi connectivity index (χ3v) is 4.32. The largest absolute Gasteiger partial charge is 0.398 e. The van der Waals surface area contributed by atoms with Crippen molar-refractivity contribution in [2.24, 2.45) is 5.92 Å². The van der Waals surface area contributed by atoms with Crippen LogP contribution in [0.1, 0.15) is 12.0 Å². The fourth-order valence-corrected chi connectivity index (χ4v) is 3.11. The van der Waals surface area contributed by atoms with Crippen LogP contribution in [0.3, 0.4) is 0 Å². The molecule has 1 fully saturated rings. The van der Waals surface area contributed by atoms with Gasteiger partial charge < -0.3 is 11.1 Å². The Hall–Kier alpha value is -1.07. The zero-order valence-electron chi connectivity index (χ0n) is 9.94. The number of hydrogen-bond acceptors (Lipinski definition) is 4. The van der Waals surface area contributed by atoms with Gasteiger partial charge in [-0.05, 0) is 49.5 Å². The van der Waals surface area contributed by atoms with E-state index in [0.717, 1.165) is 31.5 Å². The summed E-state index contributed by atoms with van der Waals surface area (Å²) in [4.78, 5) is 0.251. The minimum atomic E-state index is -3.23. The van der Waals surface area contributed by atoms with Gasteiger partial charge in [0.05, 0.1) is 10.6 Å². The van der Waals surface area contributed by atoms with Gasteiger partial charge in [0.25, 0.3) is 0 Å².